The maximum Gasteiger partial charge on any atom is 0.225 e. The monoisotopic (exact) mass is 479 g/mol. The summed E-state index contributed by atoms with van der Waals surface area (Å²) in [4.78, 5) is 24.1. The number of carbonyl (C=O) groups excluding carboxylic acids is 1. The Labute approximate surface area is 204 Å². The maximum atomic E-state index is 14.1. The summed E-state index contributed by atoms with van der Waals surface area (Å²) in [7, 11) is 0. The number of piperazine rings is 1. The van der Waals surface area contributed by atoms with E-state index in [0.717, 1.165) is 43.3 Å². The molecule has 1 aromatic heterocycles. The molecule has 178 valence electrons. The number of nitrogens with zero attached hydrogens (tertiary/aromatic N) is 5. The van der Waals surface area contributed by atoms with Crippen LogP contribution >= 0.6 is 11.5 Å². The molecular weight excluding hydrogens is 449 g/mol. The van der Waals surface area contributed by atoms with Crippen molar-refractivity contribution in [2.45, 2.75) is 26.2 Å². The highest BCUT2D eigenvalue weighted by atomic mass is 32.1. The van der Waals surface area contributed by atoms with Gasteiger partial charge in [0.25, 0.3) is 0 Å². The molecule has 2 aliphatic rings. The number of benzene rings is 2. The van der Waals surface area contributed by atoms with Crippen LogP contribution in [0.25, 0.3) is 0 Å². The summed E-state index contributed by atoms with van der Waals surface area (Å²) in [6, 6.07) is 15.3. The molecule has 0 N–H and O–H groups in total. The number of halogens is 1. The fourth-order valence-electron chi connectivity index (χ4n) is 4.79. The van der Waals surface area contributed by atoms with Crippen LogP contribution in [-0.2, 0) is 11.2 Å². The molecule has 5 rings (SSSR count). The number of carbonyl (C=O) groups is 1. The molecule has 0 aliphatic carbocycles. The molecule has 2 aromatic carbocycles. The van der Waals surface area contributed by atoms with Gasteiger partial charge in [-0.05, 0) is 37.5 Å². The van der Waals surface area contributed by atoms with Gasteiger partial charge < -0.3 is 14.7 Å². The van der Waals surface area contributed by atoms with Gasteiger partial charge in [-0.15, -0.1) is 0 Å². The lowest BCUT2D eigenvalue weighted by atomic mass is 9.95. The molecule has 0 unspecified atom stereocenters. The first-order valence-corrected chi connectivity index (χ1v) is 12.8. The number of aryl methyl sites for hydroxylation is 1. The Hall–Kier alpha value is -3.00. The second-order valence-corrected chi connectivity index (χ2v) is 9.91. The lowest BCUT2D eigenvalue weighted by molar-refractivity contribution is -0.136. The summed E-state index contributed by atoms with van der Waals surface area (Å²) in [5.41, 5.74) is 3.09. The van der Waals surface area contributed by atoms with Crippen LogP contribution < -0.4 is 9.80 Å². The van der Waals surface area contributed by atoms with Gasteiger partial charge in [0, 0.05) is 63.1 Å². The number of hydrogen-bond acceptors (Lipinski definition) is 6. The van der Waals surface area contributed by atoms with Crippen LogP contribution in [0.2, 0.25) is 0 Å². The number of para-hydroxylation sites is 1. The van der Waals surface area contributed by atoms with Gasteiger partial charge in [-0.3, -0.25) is 4.79 Å². The topological polar surface area (TPSA) is 52.6 Å². The Bertz CT molecular complexity index is 1120. The molecule has 1 amide bonds. The Morgan fingerprint density at radius 2 is 1.68 bits per heavy atom. The number of aromatic nitrogens is 2. The van der Waals surface area contributed by atoms with Crippen LogP contribution in [0.15, 0.2) is 48.5 Å². The summed E-state index contributed by atoms with van der Waals surface area (Å²) >= 11 is 1.45. The van der Waals surface area contributed by atoms with Crippen LogP contribution in [-0.4, -0.2) is 59.4 Å². The SMILES string of the molecule is Cc1ccc(Cc2nsc(N3CCC(C(=O)N4CCN(c5ccccc5F)CC4)CC3)n2)cc1. The van der Waals surface area contributed by atoms with Gasteiger partial charge in [0.1, 0.15) is 11.6 Å². The summed E-state index contributed by atoms with van der Waals surface area (Å²) in [5, 5.41) is 0.950. The second kappa shape index (κ2) is 10.1. The second-order valence-electron chi connectivity index (χ2n) is 9.18. The minimum Gasteiger partial charge on any atom is -0.366 e. The van der Waals surface area contributed by atoms with Crippen LogP contribution in [0.3, 0.4) is 0 Å². The average Bonchev–Trinajstić information content (AvgIpc) is 3.34. The number of rotatable bonds is 5. The standard InChI is InChI=1S/C26H30FN5OS/c1-19-6-8-20(9-7-19)18-24-28-26(34-29-24)32-12-10-21(11-13-32)25(33)31-16-14-30(15-17-31)23-5-3-2-4-22(23)27/h2-9,21H,10-18H2,1H3. The third kappa shape index (κ3) is 5.06. The lowest BCUT2D eigenvalue weighted by Crippen LogP contribution is -2.51. The number of amides is 1. The molecule has 3 heterocycles. The van der Waals surface area contributed by atoms with E-state index >= 15 is 0 Å². The number of hydrogen-bond donors (Lipinski definition) is 0. The predicted octanol–water partition coefficient (Wildman–Crippen LogP) is 4.14. The molecular formula is C26H30FN5OS. The minimum absolute atomic E-state index is 0.0520. The van der Waals surface area contributed by atoms with E-state index in [1.807, 2.05) is 21.9 Å². The van der Waals surface area contributed by atoms with E-state index in [4.69, 9.17) is 4.98 Å². The summed E-state index contributed by atoms with van der Waals surface area (Å²) in [6.07, 6.45) is 2.41. The molecule has 2 saturated heterocycles. The zero-order chi connectivity index (χ0) is 23.5. The zero-order valence-corrected chi connectivity index (χ0v) is 20.3. The molecule has 0 atom stereocenters. The van der Waals surface area contributed by atoms with Crippen molar-refractivity contribution in [3.8, 4) is 0 Å². The first-order chi connectivity index (χ1) is 16.6. The molecule has 8 heteroatoms. The van der Waals surface area contributed by atoms with Crippen molar-refractivity contribution in [1.29, 1.82) is 0 Å². The molecule has 2 aliphatic heterocycles. The third-order valence-electron chi connectivity index (χ3n) is 6.84. The van der Waals surface area contributed by atoms with Crippen molar-refractivity contribution in [1.82, 2.24) is 14.3 Å². The van der Waals surface area contributed by atoms with Gasteiger partial charge in [-0.25, -0.2) is 9.37 Å². The lowest BCUT2D eigenvalue weighted by Gasteiger charge is -2.39. The van der Waals surface area contributed by atoms with Crippen LogP contribution in [0.4, 0.5) is 15.2 Å². The van der Waals surface area contributed by atoms with Crippen molar-refractivity contribution in [3.05, 3.63) is 71.3 Å². The smallest absolute Gasteiger partial charge is 0.225 e. The van der Waals surface area contributed by atoms with Crippen molar-refractivity contribution in [2.24, 2.45) is 5.92 Å². The van der Waals surface area contributed by atoms with Crippen molar-refractivity contribution < 1.29 is 9.18 Å². The average molecular weight is 480 g/mol. The summed E-state index contributed by atoms with van der Waals surface area (Å²) < 4.78 is 18.6. The Kier molecular flexibility index (Phi) is 6.76. The zero-order valence-electron chi connectivity index (χ0n) is 19.5. The highest BCUT2D eigenvalue weighted by molar-refractivity contribution is 7.09. The highest BCUT2D eigenvalue weighted by Gasteiger charge is 2.31. The summed E-state index contributed by atoms with van der Waals surface area (Å²) in [5.74, 6) is 0.949. The van der Waals surface area contributed by atoms with E-state index in [0.29, 0.717) is 31.9 Å². The first kappa shape index (κ1) is 22.8. The van der Waals surface area contributed by atoms with Gasteiger partial charge in [0.15, 0.2) is 0 Å². The third-order valence-corrected chi connectivity index (χ3v) is 7.65. The molecule has 2 fully saturated rings. The van der Waals surface area contributed by atoms with E-state index in [1.165, 1.54) is 28.7 Å². The maximum absolute atomic E-state index is 14.1. The number of anilines is 2. The van der Waals surface area contributed by atoms with Crippen molar-refractivity contribution in [2.75, 3.05) is 49.1 Å². The van der Waals surface area contributed by atoms with E-state index in [1.54, 1.807) is 6.07 Å². The molecule has 34 heavy (non-hydrogen) atoms. The Morgan fingerprint density at radius 1 is 0.971 bits per heavy atom. The molecule has 0 radical (unpaired) electrons. The van der Waals surface area contributed by atoms with Gasteiger partial charge >= 0.3 is 0 Å². The Morgan fingerprint density at radius 3 is 2.38 bits per heavy atom. The van der Waals surface area contributed by atoms with Gasteiger partial charge in [0.05, 0.1) is 5.69 Å². The molecule has 0 bridgehead atoms. The predicted molar refractivity (Wildman–Crippen MR) is 134 cm³/mol. The number of piperidine rings is 1. The molecule has 6 nitrogen and oxygen atoms in total. The van der Waals surface area contributed by atoms with Crippen molar-refractivity contribution >= 4 is 28.3 Å². The fourth-order valence-corrected chi connectivity index (χ4v) is 5.52. The normalized spacial score (nSPS) is 17.3. The van der Waals surface area contributed by atoms with Gasteiger partial charge in [-0.1, -0.05) is 42.0 Å². The Balaban J connectivity index is 1.11. The first-order valence-electron chi connectivity index (χ1n) is 12.0. The largest absolute Gasteiger partial charge is 0.366 e. The van der Waals surface area contributed by atoms with Crippen LogP contribution in [0, 0.1) is 18.7 Å². The van der Waals surface area contributed by atoms with E-state index in [-0.39, 0.29) is 17.6 Å². The minimum atomic E-state index is -0.201. The van der Waals surface area contributed by atoms with E-state index in [2.05, 4.69) is 40.5 Å². The van der Waals surface area contributed by atoms with Gasteiger partial charge in [-0.2, -0.15) is 4.37 Å². The molecule has 0 saturated carbocycles. The fraction of sp³-hybridized carbons (Fsp3) is 0.423. The van der Waals surface area contributed by atoms with Crippen LogP contribution in [0.1, 0.15) is 29.8 Å². The van der Waals surface area contributed by atoms with E-state index in [9.17, 15) is 9.18 Å². The van der Waals surface area contributed by atoms with Gasteiger partial charge in [0.2, 0.25) is 11.0 Å². The summed E-state index contributed by atoms with van der Waals surface area (Å²) in [6.45, 7) is 6.36. The van der Waals surface area contributed by atoms with Crippen LogP contribution in [0.5, 0.6) is 0 Å². The van der Waals surface area contributed by atoms with Crippen molar-refractivity contribution in [3.63, 3.8) is 0 Å². The van der Waals surface area contributed by atoms with E-state index < -0.39 is 0 Å². The highest BCUT2D eigenvalue weighted by Crippen LogP contribution is 2.27. The molecule has 0 spiro atoms. The molecule has 3 aromatic rings. The quantitative estimate of drug-likeness (QED) is 0.551.